The van der Waals surface area contributed by atoms with Crippen LogP contribution in [0.3, 0.4) is 0 Å². The zero-order chi connectivity index (χ0) is 27.2. The molecular formula is C27H31N5O6. The number of H-pyrrole nitrogens is 1. The molecule has 2 heterocycles. The van der Waals surface area contributed by atoms with Gasteiger partial charge in [-0.3, -0.25) is 14.4 Å². The molecule has 0 bridgehead atoms. The summed E-state index contributed by atoms with van der Waals surface area (Å²) in [4.78, 5) is 55.4. The highest BCUT2D eigenvalue weighted by Gasteiger charge is 2.36. The third kappa shape index (κ3) is 6.12. The summed E-state index contributed by atoms with van der Waals surface area (Å²) >= 11 is 0. The zero-order valence-electron chi connectivity index (χ0n) is 20.7. The Hall–Kier alpha value is -4.38. The minimum absolute atomic E-state index is 0.0341. The minimum atomic E-state index is -1.25. The van der Waals surface area contributed by atoms with Crippen molar-refractivity contribution < 1.29 is 29.4 Å². The second-order valence-corrected chi connectivity index (χ2v) is 9.34. The van der Waals surface area contributed by atoms with Crippen molar-refractivity contribution in [3.63, 3.8) is 0 Å². The topological polar surface area (TPSA) is 178 Å². The van der Waals surface area contributed by atoms with Crippen molar-refractivity contribution in [3.05, 3.63) is 65.9 Å². The number of nitrogens with one attached hydrogen (secondary N) is 3. The highest BCUT2D eigenvalue weighted by atomic mass is 16.4. The van der Waals surface area contributed by atoms with E-state index in [9.17, 15) is 29.4 Å². The molecule has 2 aromatic carbocycles. The Kier molecular flexibility index (Phi) is 8.27. The summed E-state index contributed by atoms with van der Waals surface area (Å²) in [6.07, 6.45) is 2.86. The van der Waals surface area contributed by atoms with Crippen LogP contribution in [0.2, 0.25) is 0 Å². The van der Waals surface area contributed by atoms with Crippen molar-refractivity contribution in [1.29, 1.82) is 0 Å². The predicted octanol–water partition coefficient (Wildman–Crippen LogP) is 0.663. The number of carboxylic acid groups (broad SMARTS) is 1. The largest absolute Gasteiger partial charge is 0.508 e. The highest BCUT2D eigenvalue weighted by molar-refractivity contribution is 5.94. The van der Waals surface area contributed by atoms with Gasteiger partial charge >= 0.3 is 5.97 Å². The fourth-order valence-corrected chi connectivity index (χ4v) is 4.79. The zero-order valence-corrected chi connectivity index (χ0v) is 20.7. The lowest BCUT2D eigenvalue weighted by molar-refractivity contribution is -0.142. The Labute approximate surface area is 219 Å². The molecule has 200 valence electrons. The van der Waals surface area contributed by atoms with Crippen LogP contribution in [0.25, 0.3) is 10.9 Å². The number of para-hydroxylation sites is 1. The Morgan fingerprint density at radius 2 is 1.76 bits per heavy atom. The van der Waals surface area contributed by atoms with Crippen LogP contribution in [0.15, 0.2) is 54.7 Å². The maximum Gasteiger partial charge on any atom is 0.326 e. The first-order chi connectivity index (χ1) is 18.3. The molecule has 11 nitrogen and oxygen atoms in total. The third-order valence-corrected chi connectivity index (χ3v) is 6.77. The van der Waals surface area contributed by atoms with Gasteiger partial charge < -0.3 is 36.5 Å². The minimum Gasteiger partial charge on any atom is -0.508 e. The Bertz CT molecular complexity index is 1320. The first kappa shape index (κ1) is 26.7. The number of hydrogen-bond acceptors (Lipinski definition) is 6. The van der Waals surface area contributed by atoms with E-state index in [1.165, 1.54) is 17.0 Å². The molecule has 3 aromatic rings. The molecule has 3 amide bonds. The van der Waals surface area contributed by atoms with E-state index in [0.29, 0.717) is 24.9 Å². The number of phenols is 1. The van der Waals surface area contributed by atoms with Gasteiger partial charge in [0.15, 0.2) is 0 Å². The van der Waals surface area contributed by atoms with Gasteiger partial charge in [-0.2, -0.15) is 0 Å². The van der Waals surface area contributed by atoms with Gasteiger partial charge in [-0.05, 0) is 42.2 Å². The molecule has 38 heavy (non-hydrogen) atoms. The van der Waals surface area contributed by atoms with Gasteiger partial charge in [-0.15, -0.1) is 0 Å². The van der Waals surface area contributed by atoms with Gasteiger partial charge in [0.1, 0.15) is 23.9 Å². The number of nitrogens with two attached hydrogens (primary N) is 1. The summed E-state index contributed by atoms with van der Waals surface area (Å²) in [5.41, 5.74) is 7.71. The number of hydrogen-bond donors (Lipinski definition) is 6. The SMILES string of the molecule is NCC(=O)N1CCCC1C(=O)NC(Cc1ccc(O)cc1)C(=O)NC(Cc1c[nH]c2ccccc12)C(=O)O. The average molecular weight is 522 g/mol. The van der Waals surface area contributed by atoms with E-state index in [0.717, 1.165) is 16.5 Å². The van der Waals surface area contributed by atoms with E-state index in [1.54, 1.807) is 18.3 Å². The molecule has 1 aliphatic heterocycles. The van der Waals surface area contributed by atoms with Crippen molar-refractivity contribution in [3.8, 4) is 5.75 Å². The van der Waals surface area contributed by atoms with Gasteiger partial charge in [-0.25, -0.2) is 4.79 Å². The molecule has 0 radical (unpaired) electrons. The molecule has 3 unspecified atom stereocenters. The van der Waals surface area contributed by atoms with Crippen LogP contribution in [0, 0.1) is 0 Å². The van der Waals surface area contributed by atoms with E-state index >= 15 is 0 Å². The molecule has 1 aromatic heterocycles. The van der Waals surface area contributed by atoms with Gasteiger partial charge in [0.05, 0.1) is 6.54 Å². The Morgan fingerprint density at radius 3 is 2.47 bits per heavy atom. The summed E-state index contributed by atoms with van der Waals surface area (Å²) in [6.45, 7) is 0.171. The number of rotatable bonds is 10. The number of carbonyl (C=O) groups excluding carboxylic acids is 3. The van der Waals surface area contributed by atoms with Crippen LogP contribution in [0.5, 0.6) is 5.75 Å². The first-order valence-corrected chi connectivity index (χ1v) is 12.4. The summed E-state index contributed by atoms with van der Waals surface area (Å²) in [5.74, 6) is -2.70. The third-order valence-electron chi connectivity index (χ3n) is 6.77. The van der Waals surface area contributed by atoms with Crippen molar-refractivity contribution in [1.82, 2.24) is 20.5 Å². The molecule has 7 N–H and O–H groups in total. The molecule has 0 spiro atoms. The van der Waals surface area contributed by atoms with Gasteiger partial charge in [-0.1, -0.05) is 30.3 Å². The number of aromatic hydroxyl groups is 1. The second-order valence-electron chi connectivity index (χ2n) is 9.34. The average Bonchev–Trinajstić information content (AvgIpc) is 3.56. The number of nitrogens with zero attached hydrogens (tertiary/aromatic N) is 1. The molecule has 11 heteroatoms. The van der Waals surface area contributed by atoms with Gasteiger partial charge in [0, 0.05) is 36.5 Å². The molecule has 1 fully saturated rings. The number of amides is 3. The number of aromatic nitrogens is 1. The summed E-state index contributed by atoms with van der Waals surface area (Å²) in [7, 11) is 0. The standard InChI is InChI=1S/C27H31N5O6/c28-14-24(34)32-11-3-6-23(32)26(36)30-21(12-16-7-9-18(33)10-8-16)25(35)31-22(27(37)38)13-17-15-29-20-5-2-1-4-19(17)20/h1-2,4-5,7-10,15,21-23,29,33H,3,6,11-14,28H2,(H,30,36)(H,31,35)(H,37,38). The molecular weight excluding hydrogens is 490 g/mol. The fraction of sp³-hybridized carbons (Fsp3) is 0.333. The normalized spacial score (nSPS) is 16.7. The number of carbonyl (C=O) groups is 4. The maximum absolute atomic E-state index is 13.4. The number of likely N-dealkylation sites (tertiary alicyclic amines) is 1. The van der Waals surface area contributed by atoms with E-state index < -0.39 is 35.9 Å². The smallest absolute Gasteiger partial charge is 0.326 e. The van der Waals surface area contributed by atoms with Crippen molar-refractivity contribution in [2.45, 2.75) is 43.8 Å². The van der Waals surface area contributed by atoms with Crippen LogP contribution in [-0.4, -0.2) is 75.0 Å². The highest BCUT2D eigenvalue weighted by Crippen LogP contribution is 2.20. The monoisotopic (exact) mass is 521 g/mol. The van der Waals surface area contributed by atoms with E-state index in [4.69, 9.17) is 5.73 Å². The van der Waals surface area contributed by atoms with Gasteiger partial charge in [0.25, 0.3) is 0 Å². The van der Waals surface area contributed by atoms with Crippen molar-refractivity contribution in [2.24, 2.45) is 5.73 Å². The van der Waals surface area contributed by atoms with Crippen LogP contribution in [0.4, 0.5) is 0 Å². The number of fused-ring (bicyclic) bond motifs is 1. The molecule has 3 atom stereocenters. The quantitative estimate of drug-likeness (QED) is 0.227. The van der Waals surface area contributed by atoms with Crippen molar-refractivity contribution >= 4 is 34.6 Å². The van der Waals surface area contributed by atoms with E-state index in [-0.39, 0.29) is 31.0 Å². The van der Waals surface area contributed by atoms with Crippen molar-refractivity contribution in [2.75, 3.05) is 13.1 Å². The van der Waals surface area contributed by atoms with Crippen LogP contribution < -0.4 is 16.4 Å². The molecule has 0 saturated carbocycles. The molecule has 1 saturated heterocycles. The van der Waals surface area contributed by atoms with E-state index in [2.05, 4.69) is 15.6 Å². The Morgan fingerprint density at radius 1 is 1.03 bits per heavy atom. The maximum atomic E-state index is 13.4. The first-order valence-electron chi connectivity index (χ1n) is 12.4. The number of phenolic OH excluding ortho intramolecular Hbond substituents is 1. The lowest BCUT2D eigenvalue weighted by atomic mass is 10.0. The van der Waals surface area contributed by atoms with Crippen LogP contribution in [0.1, 0.15) is 24.0 Å². The molecule has 4 rings (SSSR count). The Balaban J connectivity index is 1.53. The lowest BCUT2D eigenvalue weighted by Gasteiger charge is -2.27. The van der Waals surface area contributed by atoms with E-state index in [1.807, 2.05) is 24.3 Å². The molecule has 0 aliphatic carbocycles. The predicted molar refractivity (Wildman–Crippen MR) is 139 cm³/mol. The summed E-state index contributed by atoms with van der Waals surface area (Å²) in [5, 5.41) is 25.6. The number of carboxylic acids is 1. The van der Waals surface area contributed by atoms with Gasteiger partial charge in [0.2, 0.25) is 17.7 Å². The van der Waals surface area contributed by atoms with Crippen LogP contribution >= 0.6 is 0 Å². The summed E-state index contributed by atoms with van der Waals surface area (Å²) in [6, 6.07) is 10.5. The van der Waals surface area contributed by atoms with Crippen LogP contribution in [-0.2, 0) is 32.0 Å². The molecule has 1 aliphatic rings. The number of benzene rings is 2. The number of aliphatic carboxylic acids is 1. The second kappa shape index (κ2) is 11.8. The lowest BCUT2D eigenvalue weighted by Crippen LogP contribution is -2.56. The summed E-state index contributed by atoms with van der Waals surface area (Å²) < 4.78 is 0. The fourth-order valence-electron chi connectivity index (χ4n) is 4.79. The number of aromatic amines is 1.